The SMILES string of the molecule is C[C@@H]1C=CC[C@@H]2C(=O)N(c3cccc(OC(=O)[C@H]4CC(=O)N(c5cccc(Cl)c5)C4)c3)C(=O)[C@@H]12. The Kier molecular flexibility index (Phi) is 5.73. The first-order chi connectivity index (χ1) is 16.3. The van der Waals surface area contributed by atoms with Crippen molar-refractivity contribution in [1.82, 2.24) is 0 Å². The summed E-state index contributed by atoms with van der Waals surface area (Å²) >= 11 is 6.03. The summed E-state index contributed by atoms with van der Waals surface area (Å²) in [6.45, 7) is 2.13. The smallest absolute Gasteiger partial charge is 0.316 e. The van der Waals surface area contributed by atoms with E-state index in [1.54, 1.807) is 42.5 Å². The van der Waals surface area contributed by atoms with Gasteiger partial charge in [0.15, 0.2) is 0 Å². The Morgan fingerprint density at radius 3 is 2.56 bits per heavy atom. The van der Waals surface area contributed by atoms with Crippen LogP contribution in [0.3, 0.4) is 0 Å². The van der Waals surface area contributed by atoms with Crippen LogP contribution in [0.2, 0.25) is 5.02 Å². The molecule has 0 radical (unpaired) electrons. The van der Waals surface area contributed by atoms with Crippen LogP contribution < -0.4 is 14.5 Å². The number of esters is 1. The molecule has 0 unspecified atom stereocenters. The van der Waals surface area contributed by atoms with Crippen LogP contribution in [-0.2, 0) is 19.2 Å². The van der Waals surface area contributed by atoms with Crippen molar-refractivity contribution in [3.05, 3.63) is 65.7 Å². The van der Waals surface area contributed by atoms with E-state index in [1.807, 2.05) is 19.1 Å². The topological polar surface area (TPSA) is 84.0 Å². The lowest BCUT2D eigenvalue weighted by molar-refractivity contribution is -0.139. The van der Waals surface area contributed by atoms with Gasteiger partial charge in [-0.2, -0.15) is 0 Å². The summed E-state index contributed by atoms with van der Waals surface area (Å²) in [6.07, 6.45) is 4.50. The number of rotatable bonds is 4. The standard InChI is InChI=1S/C26H23ClN2O5/c1-15-5-2-10-21-23(15)25(32)29(24(21)31)19-8-4-9-20(13-19)34-26(33)16-11-22(30)28(14-16)18-7-3-6-17(27)12-18/h2-9,12-13,15-16,21,23H,10-11,14H2,1H3/t15-,16+,21+,23+/m1/s1. The van der Waals surface area contributed by atoms with Crippen LogP contribution in [0.15, 0.2) is 60.7 Å². The number of imide groups is 1. The van der Waals surface area contributed by atoms with Crippen molar-refractivity contribution in [1.29, 1.82) is 0 Å². The largest absolute Gasteiger partial charge is 0.426 e. The maximum Gasteiger partial charge on any atom is 0.316 e. The molecule has 34 heavy (non-hydrogen) atoms. The molecule has 0 saturated carbocycles. The first-order valence-corrected chi connectivity index (χ1v) is 11.6. The zero-order valence-corrected chi connectivity index (χ0v) is 19.3. The van der Waals surface area contributed by atoms with Crippen LogP contribution in [0.25, 0.3) is 0 Å². The summed E-state index contributed by atoms with van der Waals surface area (Å²) in [5.41, 5.74) is 1.01. The van der Waals surface area contributed by atoms with Gasteiger partial charge in [0.25, 0.3) is 0 Å². The minimum absolute atomic E-state index is 0.0106. The van der Waals surface area contributed by atoms with Crippen LogP contribution >= 0.6 is 11.6 Å². The van der Waals surface area contributed by atoms with Gasteiger partial charge >= 0.3 is 5.97 Å². The van der Waals surface area contributed by atoms with Gasteiger partial charge in [-0.25, -0.2) is 4.90 Å². The van der Waals surface area contributed by atoms with E-state index in [4.69, 9.17) is 16.3 Å². The van der Waals surface area contributed by atoms with Gasteiger partial charge in [0.2, 0.25) is 17.7 Å². The lowest BCUT2D eigenvalue weighted by atomic mass is 9.78. The minimum Gasteiger partial charge on any atom is -0.426 e. The zero-order chi connectivity index (χ0) is 24.0. The third kappa shape index (κ3) is 3.90. The Hall–Kier alpha value is -3.45. The maximum absolute atomic E-state index is 13.0. The molecule has 7 nitrogen and oxygen atoms in total. The van der Waals surface area contributed by atoms with E-state index in [-0.39, 0.29) is 54.2 Å². The number of carbonyl (C=O) groups excluding carboxylic acids is 4. The lowest BCUT2D eigenvalue weighted by Gasteiger charge is -2.22. The highest BCUT2D eigenvalue weighted by Crippen LogP contribution is 2.41. The Balaban J connectivity index is 1.30. The fourth-order valence-electron chi connectivity index (χ4n) is 5.05. The third-order valence-corrected chi connectivity index (χ3v) is 6.98. The number of anilines is 2. The average Bonchev–Trinajstić information content (AvgIpc) is 3.32. The van der Waals surface area contributed by atoms with Crippen molar-refractivity contribution in [3.8, 4) is 5.75 Å². The van der Waals surface area contributed by atoms with Gasteiger partial charge in [-0.05, 0) is 42.7 Å². The van der Waals surface area contributed by atoms with Gasteiger partial charge in [-0.3, -0.25) is 19.2 Å². The van der Waals surface area contributed by atoms with Crippen molar-refractivity contribution < 1.29 is 23.9 Å². The number of carbonyl (C=O) groups is 4. The van der Waals surface area contributed by atoms with Crippen molar-refractivity contribution in [3.63, 3.8) is 0 Å². The van der Waals surface area contributed by atoms with E-state index >= 15 is 0 Å². The lowest BCUT2D eigenvalue weighted by Crippen LogP contribution is -2.31. The molecular weight excluding hydrogens is 456 g/mol. The Bertz CT molecular complexity index is 1230. The number of nitrogens with zero attached hydrogens (tertiary/aromatic N) is 2. The monoisotopic (exact) mass is 478 g/mol. The highest BCUT2D eigenvalue weighted by atomic mass is 35.5. The molecule has 3 amide bonds. The molecule has 2 saturated heterocycles. The van der Waals surface area contributed by atoms with E-state index < -0.39 is 11.9 Å². The summed E-state index contributed by atoms with van der Waals surface area (Å²) in [5, 5.41) is 0.504. The molecule has 0 N–H and O–H groups in total. The van der Waals surface area contributed by atoms with Crippen LogP contribution in [0.5, 0.6) is 5.75 Å². The molecule has 1 aliphatic carbocycles. The van der Waals surface area contributed by atoms with Gasteiger partial charge < -0.3 is 9.64 Å². The zero-order valence-electron chi connectivity index (χ0n) is 18.5. The van der Waals surface area contributed by atoms with E-state index in [0.717, 1.165) is 0 Å². The summed E-state index contributed by atoms with van der Waals surface area (Å²) < 4.78 is 5.56. The van der Waals surface area contributed by atoms with Crippen molar-refractivity contribution in [2.45, 2.75) is 19.8 Å². The minimum atomic E-state index is -0.639. The molecule has 2 fully saturated rings. The Morgan fingerprint density at radius 1 is 1.03 bits per heavy atom. The number of fused-ring (bicyclic) bond motifs is 1. The molecule has 0 spiro atoms. The number of halogens is 1. The molecular formula is C26H23ClN2O5. The van der Waals surface area contributed by atoms with E-state index in [1.165, 1.54) is 15.9 Å². The normalized spacial score (nSPS) is 26.2. The van der Waals surface area contributed by atoms with E-state index in [9.17, 15) is 19.2 Å². The fraction of sp³-hybridized carbons (Fsp3) is 0.308. The molecule has 4 atom stereocenters. The van der Waals surface area contributed by atoms with Crippen LogP contribution in [-0.4, -0.2) is 30.2 Å². The summed E-state index contributed by atoms with van der Waals surface area (Å²) in [4.78, 5) is 54.1. The molecule has 0 bridgehead atoms. The molecule has 5 rings (SSSR count). The van der Waals surface area contributed by atoms with Crippen LogP contribution in [0.1, 0.15) is 19.8 Å². The second kappa shape index (κ2) is 8.72. The number of hydrogen-bond acceptors (Lipinski definition) is 5. The predicted molar refractivity (Wildman–Crippen MR) is 126 cm³/mol. The van der Waals surface area contributed by atoms with Crippen molar-refractivity contribution in [2.75, 3.05) is 16.3 Å². The van der Waals surface area contributed by atoms with Gasteiger partial charge in [-0.1, -0.05) is 42.8 Å². The fourth-order valence-corrected chi connectivity index (χ4v) is 5.23. The summed E-state index contributed by atoms with van der Waals surface area (Å²) in [6, 6.07) is 13.3. The number of ether oxygens (including phenoxy) is 1. The van der Waals surface area contributed by atoms with Crippen molar-refractivity contribution in [2.24, 2.45) is 23.7 Å². The first kappa shape index (κ1) is 22.3. The molecule has 8 heteroatoms. The highest BCUT2D eigenvalue weighted by Gasteiger charge is 2.50. The summed E-state index contributed by atoms with van der Waals surface area (Å²) in [5.74, 6) is -2.34. The number of benzene rings is 2. The Labute approximate surface area is 201 Å². The molecule has 0 aromatic heterocycles. The van der Waals surface area contributed by atoms with Crippen LogP contribution in [0.4, 0.5) is 11.4 Å². The molecule has 3 aliphatic rings. The Morgan fingerprint density at radius 2 is 1.79 bits per heavy atom. The number of allylic oxidation sites excluding steroid dienone is 2. The average molecular weight is 479 g/mol. The molecule has 174 valence electrons. The molecule has 2 heterocycles. The second-order valence-electron chi connectivity index (χ2n) is 8.97. The molecule has 2 aromatic carbocycles. The third-order valence-electron chi connectivity index (χ3n) is 6.75. The predicted octanol–water partition coefficient (Wildman–Crippen LogP) is 4.00. The number of hydrogen-bond donors (Lipinski definition) is 0. The second-order valence-corrected chi connectivity index (χ2v) is 9.41. The quantitative estimate of drug-likeness (QED) is 0.287. The van der Waals surface area contributed by atoms with Gasteiger partial charge in [0, 0.05) is 29.7 Å². The van der Waals surface area contributed by atoms with E-state index in [0.29, 0.717) is 22.8 Å². The van der Waals surface area contributed by atoms with Crippen LogP contribution in [0, 0.1) is 23.7 Å². The van der Waals surface area contributed by atoms with Gasteiger partial charge in [-0.15, -0.1) is 0 Å². The highest BCUT2D eigenvalue weighted by molar-refractivity contribution is 6.31. The van der Waals surface area contributed by atoms with E-state index in [2.05, 4.69) is 0 Å². The van der Waals surface area contributed by atoms with Gasteiger partial charge in [0.05, 0.1) is 23.4 Å². The first-order valence-electron chi connectivity index (χ1n) is 11.3. The molecule has 2 aromatic rings. The molecule has 2 aliphatic heterocycles. The maximum atomic E-state index is 13.0. The van der Waals surface area contributed by atoms with Gasteiger partial charge in [0.1, 0.15) is 5.75 Å². The summed E-state index contributed by atoms with van der Waals surface area (Å²) in [7, 11) is 0. The van der Waals surface area contributed by atoms with Crippen molar-refractivity contribution >= 4 is 46.7 Å². The number of amides is 3.